The van der Waals surface area contributed by atoms with Gasteiger partial charge in [-0.1, -0.05) is 19.8 Å². The first-order valence-corrected chi connectivity index (χ1v) is 8.60. The van der Waals surface area contributed by atoms with Crippen LogP contribution in [-0.4, -0.2) is 57.5 Å². The number of anilines is 1. The fourth-order valence-corrected chi connectivity index (χ4v) is 2.83. The molecule has 1 saturated heterocycles. The Kier molecular flexibility index (Phi) is 7.02. The largest absolute Gasteiger partial charge is 0.330 e. The van der Waals surface area contributed by atoms with Crippen molar-refractivity contribution in [3.8, 4) is 0 Å². The molecule has 142 valence electrons. The second kappa shape index (κ2) is 9.23. The normalized spacial score (nSPS) is 17.2. The monoisotopic (exact) mass is 366 g/mol. The van der Waals surface area contributed by atoms with Crippen molar-refractivity contribution in [1.29, 1.82) is 0 Å². The van der Waals surface area contributed by atoms with Crippen LogP contribution in [0, 0.1) is 11.7 Å². The highest BCUT2D eigenvalue weighted by Gasteiger charge is 2.40. The summed E-state index contributed by atoms with van der Waals surface area (Å²) in [6.07, 6.45) is 3.92. The number of pyridine rings is 1. The van der Waals surface area contributed by atoms with Gasteiger partial charge < -0.3 is 10.2 Å². The van der Waals surface area contributed by atoms with E-state index in [1.54, 1.807) is 0 Å². The molecule has 0 saturated carbocycles. The molecular weight excluding hydrogens is 343 g/mol. The van der Waals surface area contributed by atoms with Crippen molar-refractivity contribution in [3.05, 3.63) is 24.1 Å². The Hall–Kier alpha value is -2.55. The van der Waals surface area contributed by atoms with Gasteiger partial charge in [-0.15, -0.1) is 0 Å². The minimum Gasteiger partial charge on any atom is -0.330 e. The summed E-state index contributed by atoms with van der Waals surface area (Å²) in [6, 6.07) is 1.89. The minimum absolute atomic E-state index is 0.104. The Labute approximate surface area is 150 Å². The van der Waals surface area contributed by atoms with Crippen molar-refractivity contribution >= 4 is 24.0 Å². The number of likely N-dealkylation sites (tertiary alicyclic amines) is 1. The number of unbranched alkanes of at least 4 members (excludes halogenated alkanes) is 1. The molecule has 2 heterocycles. The third kappa shape index (κ3) is 4.98. The molecule has 1 aliphatic heterocycles. The summed E-state index contributed by atoms with van der Waals surface area (Å²) >= 11 is 0. The van der Waals surface area contributed by atoms with Crippen LogP contribution in [-0.2, 0) is 14.4 Å². The summed E-state index contributed by atoms with van der Waals surface area (Å²) in [6.45, 7) is 2.31. The van der Waals surface area contributed by atoms with Gasteiger partial charge in [0.1, 0.15) is 17.7 Å². The van der Waals surface area contributed by atoms with Crippen LogP contribution in [0.1, 0.15) is 32.6 Å². The Bertz CT molecular complexity index is 640. The molecule has 3 amide bonds. The van der Waals surface area contributed by atoms with Crippen molar-refractivity contribution in [1.82, 2.24) is 14.9 Å². The summed E-state index contributed by atoms with van der Waals surface area (Å²) < 4.78 is 12.9. The van der Waals surface area contributed by atoms with Crippen LogP contribution in [0.3, 0.4) is 0 Å². The first-order chi connectivity index (χ1) is 12.5. The lowest BCUT2D eigenvalue weighted by Crippen LogP contribution is -2.59. The number of hydrogen-bond donors (Lipinski definition) is 2. The van der Waals surface area contributed by atoms with Crippen molar-refractivity contribution in [2.75, 3.05) is 18.4 Å². The molecule has 1 aromatic heterocycles. The second-order valence-corrected chi connectivity index (χ2v) is 6.25. The number of aromatic nitrogens is 1. The van der Waals surface area contributed by atoms with Gasteiger partial charge in [0, 0.05) is 6.54 Å². The molecular formula is C17H23FN4O4. The lowest BCUT2D eigenvalue weighted by molar-refractivity contribution is -0.161. The van der Waals surface area contributed by atoms with Gasteiger partial charge in [-0.2, -0.15) is 0 Å². The van der Waals surface area contributed by atoms with Gasteiger partial charge in [0.15, 0.2) is 0 Å². The first-order valence-electron chi connectivity index (χ1n) is 8.60. The van der Waals surface area contributed by atoms with Gasteiger partial charge in [0.25, 0.3) is 0 Å². The van der Waals surface area contributed by atoms with E-state index in [0.29, 0.717) is 24.4 Å². The van der Waals surface area contributed by atoms with Gasteiger partial charge in [-0.3, -0.25) is 19.6 Å². The van der Waals surface area contributed by atoms with Gasteiger partial charge in [0.2, 0.25) is 18.2 Å². The van der Waals surface area contributed by atoms with E-state index in [4.69, 9.17) is 0 Å². The maximum atomic E-state index is 12.9. The summed E-state index contributed by atoms with van der Waals surface area (Å²) in [5.74, 6) is -1.52. The third-order valence-corrected chi connectivity index (χ3v) is 4.37. The zero-order valence-electron chi connectivity index (χ0n) is 14.6. The summed E-state index contributed by atoms with van der Waals surface area (Å²) in [5, 5.41) is 12.4. The molecule has 1 aromatic rings. The molecule has 0 bridgehead atoms. The van der Waals surface area contributed by atoms with E-state index >= 15 is 0 Å². The topological polar surface area (TPSA) is 103 Å². The number of nitrogens with zero attached hydrogens (tertiary/aromatic N) is 3. The van der Waals surface area contributed by atoms with E-state index in [-0.39, 0.29) is 24.7 Å². The molecule has 0 radical (unpaired) electrons. The van der Waals surface area contributed by atoms with Crippen molar-refractivity contribution in [3.63, 3.8) is 0 Å². The standard InChI is InChI=1S/C17H23FN4O4/c1-2-3-4-12(10-21(26)11-23)17(25)22-8-7-14(22)16(24)20-15-6-5-13(18)9-19-15/h5-6,9,11-12,14,26H,2-4,7-8,10H2,1H3,(H,19,20,24)/t12-,14+/m1/s1. The Morgan fingerprint density at radius 1 is 1.54 bits per heavy atom. The van der Waals surface area contributed by atoms with Crippen LogP contribution in [0.15, 0.2) is 18.3 Å². The molecule has 2 atom stereocenters. The Balaban J connectivity index is 1.99. The number of amides is 3. The predicted octanol–water partition coefficient (Wildman–Crippen LogP) is 1.41. The van der Waals surface area contributed by atoms with E-state index in [0.717, 1.165) is 19.0 Å². The van der Waals surface area contributed by atoms with Crippen molar-refractivity contribution < 1.29 is 24.0 Å². The van der Waals surface area contributed by atoms with Crippen molar-refractivity contribution in [2.24, 2.45) is 5.92 Å². The van der Waals surface area contributed by atoms with Gasteiger partial charge >= 0.3 is 0 Å². The van der Waals surface area contributed by atoms with Gasteiger partial charge in [-0.05, 0) is 25.0 Å². The maximum Gasteiger partial charge on any atom is 0.248 e. The highest BCUT2D eigenvalue weighted by atomic mass is 19.1. The second-order valence-electron chi connectivity index (χ2n) is 6.25. The predicted molar refractivity (Wildman–Crippen MR) is 90.5 cm³/mol. The number of hydroxylamine groups is 2. The Morgan fingerprint density at radius 2 is 2.31 bits per heavy atom. The molecule has 2 rings (SSSR count). The Morgan fingerprint density at radius 3 is 2.85 bits per heavy atom. The smallest absolute Gasteiger partial charge is 0.248 e. The zero-order chi connectivity index (χ0) is 19.1. The van der Waals surface area contributed by atoms with E-state index in [2.05, 4.69) is 10.3 Å². The molecule has 9 heteroatoms. The van der Waals surface area contributed by atoms with Crippen LogP contribution in [0.25, 0.3) is 0 Å². The number of nitrogens with one attached hydrogen (secondary N) is 1. The molecule has 1 fully saturated rings. The summed E-state index contributed by atoms with van der Waals surface area (Å²) in [4.78, 5) is 40.9. The molecule has 0 spiro atoms. The molecule has 2 N–H and O–H groups in total. The van der Waals surface area contributed by atoms with E-state index in [1.165, 1.54) is 17.0 Å². The van der Waals surface area contributed by atoms with E-state index in [1.807, 2.05) is 6.92 Å². The lowest BCUT2D eigenvalue weighted by atomic mass is 9.94. The number of halogens is 1. The highest BCUT2D eigenvalue weighted by Crippen LogP contribution is 2.24. The van der Waals surface area contributed by atoms with Gasteiger partial charge in [-0.25, -0.2) is 14.4 Å². The van der Waals surface area contributed by atoms with Gasteiger partial charge in [0.05, 0.1) is 18.7 Å². The van der Waals surface area contributed by atoms with Crippen LogP contribution < -0.4 is 5.32 Å². The van der Waals surface area contributed by atoms with Crippen LogP contribution in [0.5, 0.6) is 0 Å². The first kappa shape index (κ1) is 19.8. The van der Waals surface area contributed by atoms with Crippen LogP contribution >= 0.6 is 0 Å². The molecule has 1 aliphatic rings. The fourth-order valence-electron chi connectivity index (χ4n) is 2.83. The number of carbonyl (C=O) groups is 3. The third-order valence-electron chi connectivity index (χ3n) is 4.37. The number of hydrogen-bond acceptors (Lipinski definition) is 5. The number of rotatable bonds is 9. The van der Waals surface area contributed by atoms with E-state index < -0.39 is 23.7 Å². The van der Waals surface area contributed by atoms with Crippen LogP contribution in [0.4, 0.5) is 10.2 Å². The van der Waals surface area contributed by atoms with Crippen molar-refractivity contribution in [2.45, 2.75) is 38.6 Å². The summed E-state index contributed by atoms with van der Waals surface area (Å²) in [5.41, 5.74) is 0. The maximum absolute atomic E-state index is 12.9. The molecule has 8 nitrogen and oxygen atoms in total. The minimum atomic E-state index is -0.637. The van der Waals surface area contributed by atoms with Crippen LogP contribution in [0.2, 0.25) is 0 Å². The molecule has 0 aliphatic carbocycles. The summed E-state index contributed by atoms with van der Waals surface area (Å²) in [7, 11) is 0. The quantitative estimate of drug-likeness (QED) is 0.391. The zero-order valence-corrected chi connectivity index (χ0v) is 14.6. The molecule has 26 heavy (non-hydrogen) atoms. The SMILES string of the molecule is CCCC[C@H](CN(O)C=O)C(=O)N1CC[C@H]1C(=O)Nc1ccc(F)cn1. The lowest BCUT2D eigenvalue weighted by Gasteiger charge is -2.41. The molecule has 0 unspecified atom stereocenters. The number of carbonyl (C=O) groups excluding carboxylic acids is 3. The molecule has 0 aromatic carbocycles. The fraction of sp³-hybridized carbons (Fsp3) is 0.529. The average Bonchev–Trinajstić information content (AvgIpc) is 2.59. The average molecular weight is 366 g/mol. The highest BCUT2D eigenvalue weighted by molar-refractivity contribution is 5.98. The van der Waals surface area contributed by atoms with E-state index in [9.17, 15) is 24.0 Å².